The highest BCUT2D eigenvalue weighted by Gasteiger charge is 2.03. The summed E-state index contributed by atoms with van der Waals surface area (Å²) < 4.78 is 29.7. The third-order valence-corrected chi connectivity index (χ3v) is 5.22. The molecule has 2 N–H and O–H groups in total. The van der Waals surface area contributed by atoms with E-state index < -0.39 is 10.1 Å². The first-order valence-electron chi connectivity index (χ1n) is 9.59. The summed E-state index contributed by atoms with van der Waals surface area (Å²) in [6.07, 6.45) is 16.9. The molecule has 1 atom stereocenters. The molecule has 5 heteroatoms. The zero-order chi connectivity index (χ0) is 17.4. The van der Waals surface area contributed by atoms with Crippen LogP contribution in [0.3, 0.4) is 0 Å². The summed E-state index contributed by atoms with van der Waals surface area (Å²) in [4.78, 5) is 0. The highest BCUT2D eigenvalue weighted by Crippen LogP contribution is 2.13. The van der Waals surface area contributed by atoms with Crippen molar-refractivity contribution in [3.8, 4) is 0 Å². The van der Waals surface area contributed by atoms with E-state index in [1.54, 1.807) is 0 Å². The second kappa shape index (κ2) is 15.4. The molecule has 0 saturated heterocycles. The largest absolute Gasteiger partial charge is 0.393 e. The van der Waals surface area contributed by atoms with E-state index in [1.165, 1.54) is 57.8 Å². The van der Waals surface area contributed by atoms with Crippen molar-refractivity contribution in [3.05, 3.63) is 0 Å². The van der Waals surface area contributed by atoms with Crippen molar-refractivity contribution in [1.82, 2.24) is 0 Å². The Bertz CT molecular complexity index is 341. The molecule has 0 aliphatic carbocycles. The fourth-order valence-corrected chi connectivity index (χ4v) is 3.38. The molecule has 0 saturated carbocycles. The van der Waals surface area contributed by atoms with E-state index in [1.807, 2.05) is 6.92 Å². The standard InChI is InChI=1S/C18H38O4S/c1-2-18(19)16-14-12-10-8-6-4-3-5-7-9-11-13-15-17-23(20,21)22/h18-19H,2-17H2,1H3,(H,20,21,22). The Labute approximate surface area is 143 Å². The number of aliphatic hydroxyl groups excluding tert-OH is 1. The number of hydrogen-bond donors (Lipinski definition) is 2. The summed E-state index contributed by atoms with van der Waals surface area (Å²) in [5.74, 6) is -0.0929. The molecule has 0 heterocycles. The van der Waals surface area contributed by atoms with E-state index in [4.69, 9.17) is 4.55 Å². The summed E-state index contributed by atoms with van der Waals surface area (Å²) in [6.45, 7) is 2.03. The van der Waals surface area contributed by atoms with Gasteiger partial charge in [-0.1, -0.05) is 84.0 Å². The fourth-order valence-electron chi connectivity index (χ4n) is 2.81. The molecule has 0 aliphatic rings. The summed E-state index contributed by atoms with van der Waals surface area (Å²) in [5, 5.41) is 9.45. The quantitative estimate of drug-likeness (QED) is 0.282. The smallest absolute Gasteiger partial charge is 0.264 e. The lowest BCUT2D eigenvalue weighted by atomic mass is 10.0. The Morgan fingerprint density at radius 3 is 1.39 bits per heavy atom. The Morgan fingerprint density at radius 1 is 0.696 bits per heavy atom. The molecule has 0 aromatic rings. The van der Waals surface area contributed by atoms with Crippen LogP contribution in [-0.4, -0.2) is 29.9 Å². The molecular weight excluding hydrogens is 312 g/mol. The Balaban J connectivity index is 3.08. The van der Waals surface area contributed by atoms with Crippen LogP contribution < -0.4 is 0 Å². The SMILES string of the molecule is CCC(O)CCCCCCCCCCCCCCCS(=O)(=O)O. The molecule has 140 valence electrons. The Morgan fingerprint density at radius 2 is 1.04 bits per heavy atom. The van der Waals surface area contributed by atoms with Crippen molar-refractivity contribution < 1.29 is 18.1 Å². The Kier molecular flexibility index (Phi) is 15.3. The van der Waals surface area contributed by atoms with Gasteiger partial charge >= 0.3 is 0 Å². The molecule has 0 aromatic carbocycles. The topological polar surface area (TPSA) is 74.6 Å². The van der Waals surface area contributed by atoms with Gasteiger partial charge in [0.2, 0.25) is 0 Å². The molecule has 0 radical (unpaired) electrons. The molecule has 0 spiro atoms. The number of hydrogen-bond acceptors (Lipinski definition) is 3. The number of unbranched alkanes of at least 4 members (excludes halogenated alkanes) is 12. The molecule has 0 amide bonds. The monoisotopic (exact) mass is 350 g/mol. The van der Waals surface area contributed by atoms with Gasteiger partial charge in [0, 0.05) is 0 Å². The molecule has 4 nitrogen and oxygen atoms in total. The average molecular weight is 351 g/mol. The molecule has 0 aromatic heterocycles. The molecule has 0 rings (SSSR count). The summed E-state index contributed by atoms with van der Waals surface area (Å²) in [6, 6.07) is 0. The van der Waals surface area contributed by atoms with Gasteiger partial charge in [0.25, 0.3) is 10.1 Å². The van der Waals surface area contributed by atoms with Crippen molar-refractivity contribution in [1.29, 1.82) is 0 Å². The van der Waals surface area contributed by atoms with Crippen LogP contribution in [0.1, 0.15) is 103 Å². The molecule has 1 unspecified atom stereocenters. The fraction of sp³-hybridized carbons (Fsp3) is 1.00. The van der Waals surface area contributed by atoms with E-state index in [9.17, 15) is 13.5 Å². The van der Waals surface area contributed by atoms with Gasteiger partial charge < -0.3 is 5.11 Å². The minimum Gasteiger partial charge on any atom is -0.393 e. The zero-order valence-electron chi connectivity index (χ0n) is 15.0. The summed E-state index contributed by atoms with van der Waals surface area (Å²) in [7, 11) is -3.76. The first kappa shape index (κ1) is 22.9. The van der Waals surface area contributed by atoms with Gasteiger partial charge in [0.05, 0.1) is 11.9 Å². The predicted octanol–water partition coefficient (Wildman–Crippen LogP) is 5.11. The molecule has 23 heavy (non-hydrogen) atoms. The highest BCUT2D eigenvalue weighted by molar-refractivity contribution is 7.85. The Hall–Kier alpha value is -0.130. The van der Waals surface area contributed by atoms with E-state index >= 15 is 0 Å². The third-order valence-electron chi connectivity index (χ3n) is 4.41. The van der Waals surface area contributed by atoms with Crippen LogP contribution in [-0.2, 0) is 10.1 Å². The maximum atomic E-state index is 10.5. The van der Waals surface area contributed by atoms with E-state index in [0.29, 0.717) is 6.42 Å². The maximum Gasteiger partial charge on any atom is 0.264 e. The van der Waals surface area contributed by atoms with Gasteiger partial charge in [-0.25, -0.2) is 0 Å². The van der Waals surface area contributed by atoms with E-state index in [2.05, 4.69) is 0 Å². The van der Waals surface area contributed by atoms with Crippen LogP contribution in [0.4, 0.5) is 0 Å². The average Bonchev–Trinajstić information content (AvgIpc) is 2.49. The second-order valence-electron chi connectivity index (χ2n) is 6.73. The van der Waals surface area contributed by atoms with Gasteiger partial charge in [-0.05, 0) is 19.3 Å². The van der Waals surface area contributed by atoms with Crippen molar-refractivity contribution in [2.24, 2.45) is 0 Å². The van der Waals surface area contributed by atoms with Gasteiger partial charge in [-0.15, -0.1) is 0 Å². The van der Waals surface area contributed by atoms with Crippen molar-refractivity contribution in [2.75, 3.05) is 5.75 Å². The predicted molar refractivity (Wildman–Crippen MR) is 97.4 cm³/mol. The van der Waals surface area contributed by atoms with Gasteiger partial charge in [0.1, 0.15) is 0 Å². The van der Waals surface area contributed by atoms with Crippen LogP contribution in [0.15, 0.2) is 0 Å². The summed E-state index contributed by atoms with van der Waals surface area (Å²) >= 11 is 0. The molecule has 0 fully saturated rings. The van der Waals surface area contributed by atoms with E-state index in [0.717, 1.165) is 32.1 Å². The van der Waals surface area contributed by atoms with Crippen molar-refractivity contribution in [2.45, 2.75) is 109 Å². The van der Waals surface area contributed by atoms with Crippen LogP contribution >= 0.6 is 0 Å². The lowest BCUT2D eigenvalue weighted by Gasteiger charge is -2.06. The molecule has 0 bridgehead atoms. The van der Waals surface area contributed by atoms with Gasteiger partial charge in [0.15, 0.2) is 0 Å². The third kappa shape index (κ3) is 19.8. The number of rotatable bonds is 17. The first-order chi connectivity index (χ1) is 11.0. The zero-order valence-corrected chi connectivity index (χ0v) is 15.8. The van der Waals surface area contributed by atoms with Gasteiger partial charge in [-0.3, -0.25) is 4.55 Å². The lowest BCUT2D eigenvalue weighted by Crippen LogP contribution is -2.03. The van der Waals surface area contributed by atoms with Crippen molar-refractivity contribution >= 4 is 10.1 Å². The molecule has 0 aliphatic heterocycles. The van der Waals surface area contributed by atoms with Gasteiger partial charge in [-0.2, -0.15) is 8.42 Å². The van der Waals surface area contributed by atoms with Crippen LogP contribution in [0.2, 0.25) is 0 Å². The molecular formula is C18H38O4S. The van der Waals surface area contributed by atoms with Crippen molar-refractivity contribution in [3.63, 3.8) is 0 Å². The minimum atomic E-state index is -3.76. The highest BCUT2D eigenvalue weighted by atomic mass is 32.2. The van der Waals surface area contributed by atoms with Crippen LogP contribution in [0.5, 0.6) is 0 Å². The van der Waals surface area contributed by atoms with Crippen LogP contribution in [0.25, 0.3) is 0 Å². The van der Waals surface area contributed by atoms with Crippen LogP contribution in [0, 0.1) is 0 Å². The van der Waals surface area contributed by atoms with E-state index in [-0.39, 0.29) is 11.9 Å². The maximum absolute atomic E-state index is 10.5. The summed E-state index contributed by atoms with van der Waals surface area (Å²) in [5.41, 5.74) is 0. The minimum absolute atomic E-state index is 0.0929. The normalized spacial score (nSPS) is 13.3. The second-order valence-corrected chi connectivity index (χ2v) is 8.31. The lowest BCUT2D eigenvalue weighted by molar-refractivity contribution is 0.156. The number of aliphatic hydroxyl groups is 1. The first-order valence-corrected chi connectivity index (χ1v) is 11.2.